The van der Waals surface area contributed by atoms with Crippen molar-refractivity contribution in [1.29, 1.82) is 0 Å². The molecule has 1 fully saturated rings. The summed E-state index contributed by atoms with van der Waals surface area (Å²) in [6, 6.07) is 3.32. The maximum Gasteiger partial charge on any atom is 0.192 e. The molecule has 1 saturated carbocycles. The van der Waals surface area contributed by atoms with Crippen LogP contribution in [0.25, 0.3) is 0 Å². The smallest absolute Gasteiger partial charge is 0.192 e. The van der Waals surface area contributed by atoms with Crippen molar-refractivity contribution < 1.29 is 4.43 Å². The van der Waals surface area contributed by atoms with Gasteiger partial charge in [-0.1, -0.05) is 57.8 Å². The van der Waals surface area contributed by atoms with E-state index in [4.69, 9.17) is 27.6 Å². The predicted molar refractivity (Wildman–Crippen MR) is 124 cm³/mol. The van der Waals surface area contributed by atoms with E-state index in [-0.39, 0.29) is 6.10 Å². The molecule has 0 radical (unpaired) electrons. The Labute approximate surface area is 183 Å². The number of hydrogen-bond donors (Lipinski definition) is 1. The molecule has 160 valence electrons. The Morgan fingerprint density at radius 1 is 1.11 bits per heavy atom. The Kier molecular flexibility index (Phi) is 9.28. The fraction of sp³-hybridized carbons (Fsp3) is 0.773. The average Bonchev–Trinajstić information content (AvgIpc) is 2.67. The van der Waals surface area contributed by atoms with Crippen molar-refractivity contribution in [3.8, 4) is 0 Å². The normalized spacial score (nSPS) is 19.0. The lowest BCUT2D eigenvalue weighted by Gasteiger charge is -2.36. The monoisotopic (exact) mass is 444 g/mol. The molecule has 0 aromatic carbocycles. The molecular formula is C22H38Cl2N2OSi. The Balaban J connectivity index is 2.08. The quantitative estimate of drug-likeness (QED) is 0.385. The summed E-state index contributed by atoms with van der Waals surface area (Å²) in [7, 11) is -1.80. The van der Waals surface area contributed by atoms with Gasteiger partial charge in [-0.3, -0.25) is 4.98 Å². The Morgan fingerprint density at radius 3 is 2.14 bits per heavy atom. The average molecular weight is 446 g/mol. The van der Waals surface area contributed by atoms with E-state index in [0.717, 1.165) is 42.7 Å². The lowest BCUT2D eigenvalue weighted by Crippen LogP contribution is -2.40. The van der Waals surface area contributed by atoms with Crippen LogP contribution in [0.3, 0.4) is 0 Å². The molecule has 0 bridgehead atoms. The van der Waals surface area contributed by atoms with Crippen molar-refractivity contribution in [1.82, 2.24) is 10.3 Å². The molecule has 1 aliphatic rings. The lowest BCUT2D eigenvalue weighted by molar-refractivity contribution is 0.167. The summed E-state index contributed by atoms with van der Waals surface area (Å²) in [5.41, 5.74) is 1.40. The van der Waals surface area contributed by atoms with Gasteiger partial charge >= 0.3 is 0 Å². The van der Waals surface area contributed by atoms with Crippen LogP contribution in [0.1, 0.15) is 72.0 Å². The topological polar surface area (TPSA) is 34.1 Å². The van der Waals surface area contributed by atoms with Crippen LogP contribution in [-0.4, -0.2) is 26.4 Å². The van der Waals surface area contributed by atoms with Gasteiger partial charge < -0.3 is 9.74 Å². The molecule has 2 rings (SSSR count). The minimum atomic E-state index is -1.80. The summed E-state index contributed by atoms with van der Waals surface area (Å²) >= 11 is 13.0. The number of nitrogens with one attached hydrogen (secondary N) is 1. The van der Waals surface area contributed by atoms with Crippen LogP contribution >= 0.6 is 23.2 Å². The third kappa shape index (κ3) is 6.43. The second kappa shape index (κ2) is 10.8. The van der Waals surface area contributed by atoms with Crippen LogP contribution in [0, 0.1) is 11.3 Å². The van der Waals surface area contributed by atoms with Crippen molar-refractivity contribution in [3.63, 3.8) is 0 Å². The molecule has 0 aliphatic heterocycles. The second-order valence-electron chi connectivity index (χ2n) is 9.13. The minimum Gasteiger partial charge on any atom is -0.409 e. The van der Waals surface area contributed by atoms with Gasteiger partial charge in [-0.15, -0.1) is 0 Å². The fourth-order valence-electron chi connectivity index (χ4n) is 4.32. The molecule has 1 aliphatic carbocycles. The third-order valence-electron chi connectivity index (χ3n) is 6.76. The number of halogens is 2. The first-order chi connectivity index (χ1) is 13.3. The van der Waals surface area contributed by atoms with Crippen molar-refractivity contribution in [2.75, 3.05) is 13.1 Å². The zero-order chi connectivity index (χ0) is 20.8. The van der Waals surface area contributed by atoms with Gasteiger partial charge in [-0.05, 0) is 61.7 Å². The van der Waals surface area contributed by atoms with Crippen molar-refractivity contribution in [3.05, 3.63) is 28.0 Å². The summed E-state index contributed by atoms with van der Waals surface area (Å²) in [5.74, 6) is 0.752. The van der Waals surface area contributed by atoms with Gasteiger partial charge in [-0.2, -0.15) is 0 Å². The van der Waals surface area contributed by atoms with E-state index in [0.29, 0.717) is 15.5 Å². The number of pyridine rings is 1. The SMILES string of the molecule is CC[Si](CC)(CC)OC(CNCC1CCC(C)(C)CC1)c1c(Cl)cncc1Cl. The molecule has 3 nitrogen and oxygen atoms in total. The fourth-order valence-corrected chi connectivity index (χ4v) is 7.73. The van der Waals surface area contributed by atoms with Gasteiger partial charge in [0, 0.05) is 24.5 Å². The molecule has 1 aromatic rings. The highest BCUT2D eigenvalue weighted by atomic mass is 35.5. The van der Waals surface area contributed by atoms with E-state index >= 15 is 0 Å². The standard InChI is InChI=1S/C22H38Cl2N2OSi/c1-6-28(7-2,8-3)27-20(21-18(23)14-26-15-19(21)24)16-25-13-17-9-11-22(4,5)12-10-17/h14-15,17,20,25H,6-13,16H2,1-5H3. The molecule has 0 saturated heterocycles. The summed E-state index contributed by atoms with van der Waals surface area (Å²) in [6.07, 6.45) is 8.48. The van der Waals surface area contributed by atoms with Gasteiger partial charge in [0.25, 0.3) is 0 Å². The maximum absolute atomic E-state index is 6.84. The van der Waals surface area contributed by atoms with Crippen LogP contribution in [0.4, 0.5) is 0 Å². The maximum atomic E-state index is 6.84. The zero-order valence-corrected chi connectivity index (χ0v) is 20.8. The lowest BCUT2D eigenvalue weighted by atomic mass is 9.73. The molecule has 28 heavy (non-hydrogen) atoms. The summed E-state index contributed by atoms with van der Waals surface area (Å²) in [4.78, 5) is 4.12. The summed E-state index contributed by atoms with van der Waals surface area (Å²) in [5, 5.41) is 4.89. The molecule has 1 atom stereocenters. The molecule has 6 heteroatoms. The van der Waals surface area contributed by atoms with Gasteiger partial charge in [0.1, 0.15) is 0 Å². The van der Waals surface area contributed by atoms with Gasteiger partial charge in [0.2, 0.25) is 0 Å². The third-order valence-corrected chi connectivity index (χ3v) is 12.0. The largest absolute Gasteiger partial charge is 0.409 e. The van der Waals surface area contributed by atoms with E-state index in [2.05, 4.69) is 44.9 Å². The first-order valence-corrected chi connectivity index (χ1v) is 14.2. The molecule has 1 aromatic heterocycles. The van der Waals surface area contributed by atoms with Gasteiger partial charge in [-0.25, -0.2) is 0 Å². The van der Waals surface area contributed by atoms with Crippen molar-refractivity contribution in [2.24, 2.45) is 11.3 Å². The van der Waals surface area contributed by atoms with Gasteiger partial charge in [0.15, 0.2) is 8.32 Å². The summed E-state index contributed by atoms with van der Waals surface area (Å²) in [6.45, 7) is 13.3. The van der Waals surface area contributed by atoms with E-state index in [1.807, 2.05) is 0 Å². The minimum absolute atomic E-state index is 0.116. The van der Waals surface area contributed by atoms with Crippen LogP contribution in [0.2, 0.25) is 28.2 Å². The van der Waals surface area contributed by atoms with Crippen LogP contribution < -0.4 is 5.32 Å². The highest BCUT2D eigenvalue weighted by molar-refractivity contribution is 6.73. The molecule has 1 N–H and O–H groups in total. The number of aromatic nitrogens is 1. The van der Waals surface area contributed by atoms with Crippen molar-refractivity contribution in [2.45, 2.75) is 84.5 Å². The molecular weight excluding hydrogens is 407 g/mol. The molecule has 1 unspecified atom stereocenters. The Morgan fingerprint density at radius 2 is 1.64 bits per heavy atom. The molecule has 0 amide bonds. The highest BCUT2D eigenvalue weighted by Crippen LogP contribution is 2.38. The van der Waals surface area contributed by atoms with E-state index < -0.39 is 8.32 Å². The number of rotatable bonds is 10. The second-order valence-corrected chi connectivity index (χ2v) is 14.7. The first-order valence-electron chi connectivity index (χ1n) is 10.9. The predicted octanol–water partition coefficient (Wildman–Crippen LogP) is 7.26. The zero-order valence-electron chi connectivity index (χ0n) is 18.3. The van der Waals surface area contributed by atoms with E-state index in [1.165, 1.54) is 25.7 Å². The highest BCUT2D eigenvalue weighted by Gasteiger charge is 2.34. The Hall–Kier alpha value is -0.133. The van der Waals surface area contributed by atoms with Crippen LogP contribution in [-0.2, 0) is 4.43 Å². The van der Waals surface area contributed by atoms with E-state index in [9.17, 15) is 0 Å². The van der Waals surface area contributed by atoms with Crippen LogP contribution in [0.5, 0.6) is 0 Å². The van der Waals surface area contributed by atoms with E-state index in [1.54, 1.807) is 12.4 Å². The molecule has 0 spiro atoms. The number of hydrogen-bond acceptors (Lipinski definition) is 3. The van der Waals surface area contributed by atoms with Crippen molar-refractivity contribution >= 4 is 31.5 Å². The molecule has 1 heterocycles. The van der Waals surface area contributed by atoms with Gasteiger partial charge in [0.05, 0.1) is 16.1 Å². The van der Waals surface area contributed by atoms with Crippen LogP contribution in [0.15, 0.2) is 12.4 Å². The number of nitrogens with zero attached hydrogens (tertiary/aromatic N) is 1. The summed E-state index contributed by atoms with van der Waals surface area (Å²) < 4.78 is 6.84. The Bertz CT molecular complexity index is 584. The first kappa shape index (κ1) is 24.1.